The van der Waals surface area contributed by atoms with E-state index in [4.69, 9.17) is 14.5 Å². The fourth-order valence-corrected chi connectivity index (χ4v) is 2.39. The lowest BCUT2D eigenvalue weighted by molar-refractivity contribution is -0.122. The first-order valence-corrected chi connectivity index (χ1v) is 10.2. The Kier molecular flexibility index (Phi) is 15.8. The molecule has 2 amide bonds. The van der Waals surface area contributed by atoms with Crippen LogP contribution in [0.5, 0.6) is 0 Å². The Morgan fingerprint density at radius 1 is 1.17 bits per heavy atom. The predicted molar refractivity (Wildman–Crippen MR) is 120 cm³/mol. The minimum Gasteiger partial charge on any atom is -0.469 e. The molecule has 4 N–H and O–H groups in total. The molecule has 0 aliphatic heterocycles. The summed E-state index contributed by atoms with van der Waals surface area (Å²) in [5.41, 5.74) is 1.32. The zero-order chi connectivity index (χ0) is 22.8. The van der Waals surface area contributed by atoms with Crippen molar-refractivity contribution in [3.8, 4) is 0 Å². The number of nitrogens with one attached hydrogen (secondary N) is 2. The van der Waals surface area contributed by atoms with Crippen molar-refractivity contribution in [3.63, 3.8) is 0 Å². The highest BCUT2D eigenvalue weighted by molar-refractivity contribution is 6.43. The quantitative estimate of drug-likeness (QED) is 0.369. The van der Waals surface area contributed by atoms with Crippen LogP contribution in [0.25, 0.3) is 0 Å². The van der Waals surface area contributed by atoms with Crippen molar-refractivity contribution in [1.82, 2.24) is 10.6 Å². The van der Waals surface area contributed by atoms with Crippen LogP contribution in [0.4, 0.5) is 0 Å². The molecule has 7 nitrogen and oxygen atoms in total. The SMILES string of the molecule is CC(C)CC(NC(=O)CNC=O)B(O)O.CCCc1ccco1.Cc1ccccc1. The van der Waals surface area contributed by atoms with Crippen LogP contribution in [0.3, 0.4) is 0 Å². The average molecular weight is 418 g/mol. The van der Waals surface area contributed by atoms with Crippen LogP contribution in [-0.4, -0.2) is 42.0 Å². The highest BCUT2D eigenvalue weighted by atomic mass is 16.4. The fraction of sp³-hybridized carbons (Fsp3) is 0.455. The molecule has 0 saturated heterocycles. The summed E-state index contributed by atoms with van der Waals surface area (Å²) in [7, 11) is -1.59. The molecule has 2 rings (SSSR count). The molecule has 1 aromatic heterocycles. The Balaban J connectivity index is 0.000000464. The molecule has 1 heterocycles. The fourth-order valence-electron chi connectivity index (χ4n) is 2.39. The van der Waals surface area contributed by atoms with Gasteiger partial charge >= 0.3 is 7.12 Å². The van der Waals surface area contributed by atoms with Gasteiger partial charge in [0.15, 0.2) is 0 Å². The van der Waals surface area contributed by atoms with E-state index in [1.165, 1.54) is 5.56 Å². The summed E-state index contributed by atoms with van der Waals surface area (Å²) >= 11 is 0. The number of hydrogen-bond acceptors (Lipinski definition) is 5. The lowest BCUT2D eigenvalue weighted by atomic mass is 9.75. The minimum atomic E-state index is -1.59. The molecule has 1 aromatic carbocycles. The van der Waals surface area contributed by atoms with Gasteiger partial charge in [-0.05, 0) is 37.8 Å². The van der Waals surface area contributed by atoms with Crippen LogP contribution < -0.4 is 10.6 Å². The van der Waals surface area contributed by atoms with Gasteiger partial charge in [0.25, 0.3) is 0 Å². The summed E-state index contributed by atoms with van der Waals surface area (Å²) in [6, 6.07) is 14.2. The van der Waals surface area contributed by atoms with Crippen molar-refractivity contribution in [1.29, 1.82) is 0 Å². The molecule has 1 atom stereocenters. The zero-order valence-electron chi connectivity index (χ0n) is 18.4. The van der Waals surface area contributed by atoms with Gasteiger partial charge < -0.3 is 25.1 Å². The number of rotatable bonds is 9. The van der Waals surface area contributed by atoms with Gasteiger partial charge in [-0.15, -0.1) is 0 Å². The maximum absolute atomic E-state index is 11.1. The first-order valence-electron chi connectivity index (χ1n) is 10.2. The molecule has 0 spiro atoms. The summed E-state index contributed by atoms with van der Waals surface area (Å²) in [6.07, 6.45) is 4.81. The number of furan rings is 1. The largest absolute Gasteiger partial charge is 0.475 e. The Hall–Kier alpha value is -2.58. The van der Waals surface area contributed by atoms with Crippen molar-refractivity contribution in [2.45, 2.75) is 52.9 Å². The number of aryl methyl sites for hydroxylation is 2. The normalized spacial score (nSPS) is 10.6. The van der Waals surface area contributed by atoms with Crippen molar-refractivity contribution in [2.75, 3.05) is 6.54 Å². The Morgan fingerprint density at radius 2 is 1.83 bits per heavy atom. The lowest BCUT2D eigenvalue weighted by Gasteiger charge is -2.19. The molecule has 8 heteroatoms. The molecular formula is C22H35BN2O5. The Bertz CT molecular complexity index is 663. The number of benzene rings is 1. The van der Waals surface area contributed by atoms with E-state index in [1.807, 2.05) is 44.2 Å². The van der Waals surface area contributed by atoms with E-state index in [9.17, 15) is 9.59 Å². The second kappa shape index (κ2) is 17.3. The summed E-state index contributed by atoms with van der Waals surface area (Å²) < 4.78 is 5.07. The van der Waals surface area contributed by atoms with Gasteiger partial charge in [-0.25, -0.2) is 0 Å². The van der Waals surface area contributed by atoms with Crippen LogP contribution >= 0.6 is 0 Å². The van der Waals surface area contributed by atoms with E-state index >= 15 is 0 Å². The first-order chi connectivity index (χ1) is 14.3. The zero-order valence-corrected chi connectivity index (χ0v) is 18.4. The maximum Gasteiger partial charge on any atom is 0.475 e. The van der Waals surface area contributed by atoms with E-state index in [0.29, 0.717) is 12.8 Å². The minimum absolute atomic E-state index is 0.162. The number of carbonyl (C=O) groups is 2. The second-order valence-electron chi connectivity index (χ2n) is 7.20. The third kappa shape index (κ3) is 15.4. The molecule has 0 radical (unpaired) electrons. The lowest BCUT2D eigenvalue weighted by Crippen LogP contribution is -2.49. The predicted octanol–water partition coefficient (Wildman–Crippen LogP) is 2.50. The van der Waals surface area contributed by atoms with E-state index in [-0.39, 0.29) is 12.5 Å². The van der Waals surface area contributed by atoms with E-state index < -0.39 is 19.0 Å². The topological polar surface area (TPSA) is 112 Å². The number of hydrogen-bond donors (Lipinski definition) is 4. The van der Waals surface area contributed by atoms with Crippen LogP contribution in [0.1, 0.15) is 44.9 Å². The third-order valence-electron chi connectivity index (χ3n) is 3.79. The number of amides is 2. The molecule has 0 aliphatic rings. The Labute approximate surface area is 180 Å². The molecule has 1 unspecified atom stereocenters. The molecule has 0 bridgehead atoms. The van der Waals surface area contributed by atoms with Gasteiger partial charge in [0.2, 0.25) is 12.3 Å². The van der Waals surface area contributed by atoms with Crippen molar-refractivity contribution in [2.24, 2.45) is 5.92 Å². The monoisotopic (exact) mass is 418 g/mol. The Morgan fingerprint density at radius 3 is 2.23 bits per heavy atom. The molecule has 30 heavy (non-hydrogen) atoms. The van der Waals surface area contributed by atoms with Gasteiger partial charge in [-0.1, -0.05) is 56.7 Å². The molecular weight excluding hydrogens is 383 g/mol. The standard InChI is InChI=1S/C8H17BN2O4.C7H10O.C7H8/c1-6(2)3-7(9(14)15)11-8(13)4-10-5-12;1-2-4-7-5-3-6-8-7;1-7-5-3-2-4-6-7/h5-7,14-15H,3-4H2,1-2H3,(H,10,12)(H,11,13);3,5-6H,2,4H2,1H3;2-6H,1H3. The van der Waals surface area contributed by atoms with Gasteiger partial charge in [-0.3, -0.25) is 9.59 Å². The van der Waals surface area contributed by atoms with Crippen LogP contribution in [0.15, 0.2) is 53.1 Å². The van der Waals surface area contributed by atoms with Gasteiger partial charge in [0.05, 0.1) is 18.7 Å². The van der Waals surface area contributed by atoms with Crippen molar-refractivity contribution in [3.05, 3.63) is 60.1 Å². The number of carbonyl (C=O) groups excluding carboxylic acids is 2. The second-order valence-corrected chi connectivity index (χ2v) is 7.20. The summed E-state index contributed by atoms with van der Waals surface area (Å²) in [5, 5.41) is 22.6. The molecule has 166 valence electrons. The average Bonchev–Trinajstić information content (AvgIpc) is 3.21. The van der Waals surface area contributed by atoms with Gasteiger partial charge in [0, 0.05) is 6.42 Å². The van der Waals surface area contributed by atoms with Crippen LogP contribution in [0, 0.1) is 12.8 Å². The highest BCUT2D eigenvalue weighted by Gasteiger charge is 2.25. The highest BCUT2D eigenvalue weighted by Crippen LogP contribution is 2.05. The molecule has 2 aromatic rings. The van der Waals surface area contributed by atoms with Crippen molar-refractivity contribution < 1.29 is 24.1 Å². The van der Waals surface area contributed by atoms with Crippen LogP contribution in [-0.2, 0) is 16.0 Å². The molecule has 0 aliphatic carbocycles. The van der Waals surface area contributed by atoms with E-state index in [2.05, 4.69) is 36.6 Å². The van der Waals surface area contributed by atoms with Crippen molar-refractivity contribution >= 4 is 19.4 Å². The summed E-state index contributed by atoms with van der Waals surface area (Å²) in [4.78, 5) is 21.1. The van der Waals surface area contributed by atoms with E-state index in [0.717, 1.165) is 18.6 Å². The molecule has 0 fully saturated rings. The summed E-state index contributed by atoms with van der Waals surface area (Å²) in [6.45, 7) is 7.88. The van der Waals surface area contributed by atoms with Gasteiger partial charge in [0.1, 0.15) is 5.76 Å². The van der Waals surface area contributed by atoms with Gasteiger partial charge in [-0.2, -0.15) is 0 Å². The van der Waals surface area contributed by atoms with E-state index in [1.54, 1.807) is 6.26 Å². The smallest absolute Gasteiger partial charge is 0.469 e. The third-order valence-corrected chi connectivity index (χ3v) is 3.79. The molecule has 0 saturated carbocycles. The van der Waals surface area contributed by atoms with Crippen LogP contribution in [0.2, 0.25) is 0 Å². The maximum atomic E-state index is 11.1. The summed E-state index contributed by atoms with van der Waals surface area (Å²) in [5.74, 6) is 0.176. The first kappa shape index (κ1) is 27.4.